The Labute approximate surface area is 97.4 Å². The molecular weight excluding hydrogens is 206 g/mol. The van der Waals surface area contributed by atoms with E-state index in [1.165, 1.54) is 13.5 Å². The van der Waals surface area contributed by atoms with Gasteiger partial charge in [-0.3, -0.25) is 10.1 Å². The highest BCUT2D eigenvalue weighted by Gasteiger charge is 2.26. The monoisotopic (exact) mass is 229 g/mol. The Kier molecular flexibility index (Phi) is 5.77. The minimum Gasteiger partial charge on any atom is -0.468 e. The summed E-state index contributed by atoms with van der Waals surface area (Å²) < 4.78 is 4.73. The predicted molar refractivity (Wildman–Crippen MR) is 62.1 cm³/mol. The van der Waals surface area contributed by atoms with E-state index in [-0.39, 0.29) is 24.2 Å². The van der Waals surface area contributed by atoms with Gasteiger partial charge >= 0.3 is 5.97 Å². The van der Waals surface area contributed by atoms with E-state index in [9.17, 15) is 9.90 Å². The van der Waals surface area contributed by atoms with E-state index in [2.05, 4.69) is 5.32 Å². The van der Waals surface area contributed by atoms with Gasteiger partial charge < -0.3 is 9.84 Å². The lowest BCUT2D eigenvalue weighted by molar-refractivity contribution is -0.143. The third-order valence-electron chi connectivity index (χ3n) is 3.29. The first-order chi connectivity index (χ1) is 7.69. The van der Waals surface area contributed by atoms with Crippen LogP contribution in [0.1, 0.15) is 45.4 Å². The van der Waals surface area contributed by atoms with Crippen LogP contribution in [0.15, 0.2) is 0 Å². The van der Waals surface area contributed by atoms with Crippen LogP contribution < -0.4 is 5.32 Å². The molecule has 3 unspecified atom stereocenters. The molecule has 0 aromatic carbocycles. The summed E-state index contributed by atoms with van der Waals surface area (Å²) in [7, 11) is 1.40. The second-order valence-electron chi connectivity index (χ2n) is 4.46. The number of rotatable bonds is 4. The SMILES string of the molecule is CCC(NC1CCCCCC1O)C(=O)OC. The molecule has 4 nitrogen and oxygen atoms in total. The fourth-order valence-electron chi connectivity index (χ4n) is 2.24. The van der Waals surface area contributed by atoms with E-state index in [0.717, 1.165) is 25.7 Å². The smallest absolute Gasteiger partial charge is 0.322 e. The van der Waals surface area contributed by atoms with Gasteiger partial charge in [-0.2, -0.15) is 0 Å². The summed E-state index contributed by atoms with van der Waals surface area (Å²) >= 11 is 0. The van der Waals surface area contributed by atoms with E-state index in [4.69, 9.17) is 4.74 Å². The first kappa shape index (κ1) is 13.5. The summed E-state index contributed by atoms with van der Waals surface area (Å²) in [6, 6.07) is -0.255. The molecule has 0 aromatic rings. The number of carbonyl (C=O) groups excluding carboxylic acids is 1. The minimum absolute atomic E-state index is 0.0338. The molecule has 0 saturated heterocycles. The summed E-state index contributed by atoms with van der Waals surface area (Å²) in [5, 5.41) is 13.2. The highest BCUT2D eigenvalue weighted by Crippen LogP contribution is 2.18. The maximum absolute atomic E-state index is 11.4. The number of ether oxygens (including phenoxy) is 1. The molecule has 0 aromatic heterocycles. The van der Waals surface area contributed by atoms with Crippen LogP contribution >= 0.6 is 0 Å². The number of aliphatic hydroxyl groups excluding tert-OH is 1. The van der Waals surface area contributed by atoms with E-state index in [1.807, 2.05) is 6.92 Å². The van der Waals surface area contributed by atoms with Crippen molar-refractivity contribution in [2.45, 2.75) is 63.6 Å². The normalized spacial score (nSPS) is 28.2. The van der Waals surface area contributed by atoms with Crippen LogP contribution in [-0.4, -0.2) is 36.4 Å². The van der Waals surface area contributed by atoms with Crippen molar-refractivity contribution in [1.29, 1.82) is 0 Å². The fourth-order valence-corrected chi connectivity index (χ4v) is 2.24. The van der Waals surface area contributed by atoms with E-state index < -0.39 is 0 Å². The van der Waals surface area contributed by atoms with Gasteiger partial charge in [0.15, 0.2) is 0 Å². The zero-order chi connectivity index (χ0) is 12.0. The molecule has 2 N–H and O–H groups in total. The molecule has 1 fully saturated rings. The zero-order valence-corrected chi connectivity index (χ0v) is 10.2. The van der Waals surface area contributed by atoms with Crippen LogP contribution in [0, 0.1) is 0 Å². The van der Waals surface area contributed by atoms with Crippen molar-refractivity contribution in [1.82, 2.24) is 5.32 Å². The molecule has 4 heteroatoms. The fraction of sp³-hybridized carbons (Fsp3) is 0.917. The maximum atomic E-state index is 11.4. The number of hydrogen-bond donors (Lipinski definition) is 2. The summed E-state index contributed by atoms with van der Waals surface area (Å²) in [6.07, 6.45) is 5.49. The third-order valence-corrected chi connectivity index (χ3v) is 3.29. The Hall–Kier alpha value is -0.610. The minimum atomic E-state index is -0.332. The summed E-state index contributed by atoms with van der Waals surface area (Å²) in [4.78, 5) is 11.4. The van der Waals surface area contributed by atoms with Gasteiger partial charge in [0.1, 0.15) is 6.04 Å². The van der Waals surface area contributed by atoms with E-state index >= 15 is 0 Å². The lowest BCUT2D eigenvalue weighted by Crippen LogP contribution is -2.48. The number of methoxy groups -OCH3 is 1. The van der Waals surface area contributed by atoms with Crippen LogP contribution in [0.5, 0.6) is 0 Å². The van der Waals surface area contributed by atoms with Crippen LogP contribution in [0.25, 0.3) is 0 Å². The molecule has 0 aliphatic heterocycles. The van der Waals surface area contributed by atoms with Crippen molar-refractivity contribution >= 4 is 5.97 Å². The first-order valence-electron chi connectivity index (χ1n) is 6.21. The van der Waals surface area contributed by atoms with Gasteiger partial charge in [0.25, 0.3) is 0 Å². The van der Waals surface area contributed by atoms with Crippen LogP contribution in [0.3, 0.4) is 0 Å². The molecule has 1 aliphatic carbocycles. The average Bonchev–Trinajstić information content (AvgIpc) is 2.50. The quantitative estimate of drug-likeness (QED) is 0.562. The largest absolute Gasteiger partial charge is 0.468 e. The molecule has 3 atom stereocenters. The molecule has 94 valence electrons. The van der Waals surface area contributed by atoms with Crippen molar-refractivity contribution in [3.05, 3.63) is 0 Å². The summed E-state index contributed by atoms with van der Waals surface area (Å²) in [6.45, 7) is 1.94. The molecule has 0 amide bonds. The van der Waals surface area contributed by atoms with Gasteiger partial charge in [0.05, 0.1) is 13.2 Å². The number of nitrogens with one attached hydrogen (secondary N) is 1. The molecule has 1 aliphatic rings. The molecule has 0 bridgehead atoms. The number of esters is 1. The number of carbonyl (C=O) groups is 1. The summed E-state index contributed by atoms with van der Waals surface area (Å²) in [5.41, 5.74) is 0. The molecule has 1 rings (SSSR count). The molecule has 0 heterocycles. The van der Waals surface area contributed by atoms with Crippen molar-refractivity contribution in [2.75, 3.05) is 7.11 Å². The molecule has 0 radical (unpaired) electrons. The first-order valence-corrected chi connectivity index (χ1v) is 6.21. The Bertz CT molecular complexity index is 220. The molecular formula is C12H23NO3. The summed E-state index contributed by atoms with van der Waals surface area (Å²) in [5.74, 6) is -0.237. The van der Waals surface area contributed by atoms with E-state index in [1.54, 1.807) is 0 Å². The van der Waals surface area contributed by atoms with Crippen LogP contribution in [0.4, 0.5) is 0 Å². The van der Waals surface area contributed by atoms with Crippen LogP contribution in [-0.2, 0) is 9.53 Å². The lowest BCUT2D eigenvalue weighted by Gasteiger charge is -2.26. The van der Waals surface area contributed by atoms with Gasteiger partial charge in [-0.05, 0) is 19.3 Å². The molecule has 0 spiro atoms. The molecule has 16 heavy (non-hydrogen) atoms. The van der Waals surface area contributed by atoms with Crippen LogP contribution in [0.2, 0.25) is 0 Å². The average molecular weight is 229 g/mol. The topological polar surface area (TPSA) is 58.6 Å². The zero-order valence-electron chi connectivity index (χ0n) is 10.2. The number of hydrogen-bond acceptors (Lipinski definition) is 4. The van der Waals surface area contributed by atoms with E-state index in [0.29, 0.717) is 6.42 Å². The standard InChI is InChI=1S/C12H23NO3/c1-3-9(12(15)16-2)13-10-7-5-4-6-8-11(10)14/h9-11,13-14H,3-8H2,1-2H3. The van der Waals surface area contributed by atoms with Gasteiger partial charge in [-0.25, -0.2) is 0 Å². The lowest BCUT2D eigenvalue weighted by atomic mass is 10.0. The second kappa shape index (κ2) is 6.86. The highest BCUT2D eigenvalue weighted by molar-refractivity contribution is 5.75. The van der Waals surface area contributed by atoms with Crippen molar-refractivity contribution in [2.24, 2.45) is 0 Å². The third kappa shape index (κ3) is 3.76. The maximum Gasteiger partial charge on any atom is 0.322 e. The Balaban J connectivity index is 2.51. The Morgan fingerprint density at radius 3 is 2.75 bits per heavy atom. The van der Waals surface area contributed by atoms with Gasteiger partial charge in [0.2, 0.25) is 0 Å². The Morgan fingerprint density at radius 1 is 1.44 bits per heavy atom. The number of aliphatic hydroxyl groups is 1. The van der Waals surface area contributed by atoms with Crippen molar-refractivity contribution in [3.8, 4) is 0 Å². The second-order valence-corrected chi connectivity index (χ2v) is 4.46. The predicted octanol–water partition coefficient (Wildman–Crippen LogP) is 1.22. The van der Waals surface area contributed by atoms with Crippen molar-refractivity contribution in [3.63, 3.8) is 0 Å². The molecule has 1 saturated carbocycles. The van der Waals surface area contributed by atoms with Gasteiger partial charge in [0, 0.05) is 6.04 Å². The Morgan fingerprint density at radius 2 is 2.12 bits per heavy atom. The van der Waals surface area contributed by atoms with Gasteiger partial charge in [-0.1, -0.05) is 26.2 Å². The highest BCUT2D eigenvalue weighted by atomic mass is 16.5. The van der Waals surface area contributed by atoms with Crippen molar-refractivity contribution < 1.29 is 14.6 Å². The van der Waals surface area contributed by atoms with Gasteiger partial charge in [-0.15, -0.1) is 0 Å².